The van der Waals surface area contributed by atoms with E-state index in [9.17, 15) is 23.1 Å². The Balaban J connectivity index is 4.36. The molecule has 1 radical (unpaired) electrons. The van der Waals surface area contributed by atoms with Crippen LogP contribution in [0.25, 0.3) is 0 Å². The summed E-state index contributed by atoms with van der Waals surface area (Å²) in [4.78, 5) is 9.54. The Kier molecular flexibility index (Phi) is 3.16. The molecule has 0 spiro atoms. The fraction of sp³-hybridized carbons (Fsp3) is 0.800. The van der Waals surface area contributed by atoms with Crippen molar-refractivity contribution in [3.63, 3.8) is 0 Å². The lowest BCUT2D eigenvalue weighted by molar-refractivity contribution is -0.141. The van der Waals surface area contributed by atoms with Crippen molar-refractivity contribution in [2.24, 2.45) is 0 Å². The van der Waals surface area contributed by atoms with Gasteiger partial charge in [0.05, 0.1) is 0 Å². The number of amides is 1. The molecule has 0 aromatic rings. The maximum atomic E-state index is 12.2. The van der Waals surface area contributed by atoms with E-state index in [1.807, 2.05) is 0 Å². The first kappa shape index (κ1) is 10.1. The highest BCUT2D eigenvalue weighted by Crippen LogP contribution is 2.19. The van der Waals surface area contributed by atoms with E-state index in [1.165, 1.54) is 6.92 Å². The minimum atomic E-state index is -3.96. The van der Waals surface area contributed by atoms with Gasteiger partial charge in [-0.1, -0.05) is 0 Å². The summed E-state index contributed by atoms with van der Waals surface area (Å²) in [6.07, 6.45) is -2.07. The van der Waals surface area contributed by atoms with Crippen LogP contribution in [0.2, 0.25) is 0 Å². The predicted molar refractivity (Wildman–Crippen MR) is 29.4 cm³/mol. The van der Waals surface area contributed by atoms with Crippen molar-refractivity contribution < 1.29 is 23.1 Å². The molecule has 0 aliphatic carbocycles. The smallest absolute Gasteiger partial charge is 0.243 e. The van der Waals surface area contributed by atoms with Crippen LogP contribution < -0.4 is 0 Å². The zero-order chi connectivity index (χ0) is 9.07. The number of alkyl halides is 3. The zero-order valence-corrected chi connectivity index (χ0v) is 5.81. The Bertz CT molecular complexity index is 151. The molecule has 0 aromatic carbocycles. The Morgan fingerprint density at radius 1 is 1.55 bits per heavy atom. The average Bonchev–Trinajstić information content (AvgIpc) is 1.88. The van der Waals surface area contributed by atoms with E-state index in [-0.39, 0.29) is 4.90 Å². The second kappa shape index (κ2) is 3.45. The lowest BCUT2D eigenvalue weighted by Crippen LogP contribution is -2.46. The van der Waals surface area contributed by atoms with Crippen LogP contribution in [0.4, 0.5) is 18.0 Å². The van der Waals surface area contributed by atoms with Crippen LogP contribution in [0.15, 0.2) is 0 Å². The molecular weight excluding hydrogens is 163 g/mol. The monoisotopic (exact) mass is 170 g/mol. The molecule has 0 saturated heterocycles. The number of halogens is 3. The summed E-state index contributed by atoms with van der Waals surface area (Å²) in [6.45, 7) is -1.37. The molecule has 0 bridgehead atoms. The van der Waals surface area contributed by atoms with E-state index in [0.717, 1.165) is 0 Å². The summed E-state index contributed by atoms with van der Waals surface area (Å²) in [5.41, 5.74) is 0. The highest BCUT2D eigenvalue weighted by molar-refractivity contribution is 5.65. The van der Waals surface area contributed by atoms with Crippen molar-refractivity contribution in [3.8, 4) is 0 Å². The third-order valence-corrected chi connectivity index (χ3v) is 1.09. The summed E-state index contributed by atoms with van der Waals surface area (Å²) in [7, 11) is 0. The van der Waals surface area contributed by atoms with Crippen LogP contribution in [-0.4, -0.2) is 30.3 Å². The maximum absolute atomic E-state index is 12.2. The highest BCUT2D eigenvalue weighted by Gasteiger charge is 2.40. The molecule has 3 nitrogen and oxygen atoms in total. The number of carbonyl (C=O) groups excluding carboxylic acids is 1. The van der Waals surface area contributed by atoms with Crippen LogP contribution in [-0.2, 0) is 5.11 Å². The van der Waals surface area contributed by atoms with Crippen molar-refractivity contribution in [1.29, 1.82) is 0 Å². The van der Waals surface area contributed by atoms with Crippen LogP contribution in [0.3, 0.4) is 0 Å². The molecule has 0 fully saturated rings. The first-order valence-electron chi connectivity index (χ1n) is 2.88. The molecular formula is C5H7F3NO2. The summed E-state index contributed by atoms with van der Waals surface area (Å²) in [5, 5.41) is 9.90. The van der Waals surface area contributed by atoms with E-state index in [2.05, 4.69) is 0 Å². The van der Waals surface area contributed by atoms with Gasteiger partial charge in [0.2, 0.25) is 0 Å². The van der Waals surface area contributed by atoms with Crippen LogP contribution in [0.1, 0.15) is 6.92 Å². The van der Waals surface area contributed by atoms with Crippen LogP contribution >= 0.6 is 0 Å². The van der Waals surface area contributed by atoms with Crippen LogP contribution in [0, 0.1) is 0 Å². The van der Waals surface area contributed by atoms with Gasteiger partial charge in [-0.25, -0.2) is 19.2 Å². The van der Waals surface area contributed by atoms with E-state index < -0.39 is 25.4 Å². The molecule has 6 heteroatoms. The Hall–Kier alpha value is -0.940. The van der Waals surface area contributed by atoms with E-state index in [1.54, 1.807) is 0 Å². The predicted octanol–water partition coefficient (Wildman–Crippen LogP) is 1.42. The first-order chi connectivity index (χ1) is 4.95. The molecule has 0 unspecified atom stereocenters. The second-order valence-electron chi connectivity index (χ2n) is 1.81. The summed E-state index contributed by atoms with van der Waals surface area (Å²) in [6, 6.07) is -3.96. The van der Waals surface area contributed by atoms with Crippen molar-refractivity contribution in [3.05, 3.63) is 0 Å². The minimum absolute atomic E-state index is 0.368. The van der Waals surface area contributed by atoms with Crippen LogP contribution in [0.5, 0.6) is 0 Å². The second-order valence-corrected chi connectivity index (χ2v) is 1.81. The maximum Gasteiger partial charge on any atom is 0.457 e. The zero-order valence-electron chi connectivity index (χ0n) is 5.81. The van der Waals surface area contributed by atoms with Gasteiger partial charge in [-0.2, -0.15) is 8.78 Å². The summed E-state index contributed by atoms with van der Waals surface area (Å²) in [5.74, 6) is 0. The Morgan fingerprint density at radius 3 is 2.09 bits per heavy atom. The lowest BCUT2D eigenvalue weighted by atomic mass is 10.5. The topological polar surface area (TPSA) is 40.2 Å². The number of hydrogen-bond acceptors (Lipinski definition) is 1. The molecule has 0 rings (SSSR count). The van der Waals surface area contributed by atoms with Gasteiger partial charge in [0.15, 0.2) is 6.67 Å². The Labute approximate surface area is 61.4 Å². The molecule has 1 amide bonds. The summed E-state index contributed by atoms with van der Waals surface area (Å²) < 4.78 is 35.9. The van der Waals surface area contributed by atoms with Crippen molar-refractivity contribution in [2.75, 3.05) is 13.2 Å². The molecule has 0 atom stereocenters. The number of rotatable bonds is 3. The third-order valence-electron chi connectivity index (χ3n) is 1.09. The molecule has 0 heterocycles. The standard InChI is InChI=1S/C5H7F3NO2/c1-2-9(4(10)11)5(7,8)3-6/h2-3H2,1H3. The first-order valence-corrected chi connectivity index (χ1v) is 2.88. The minimum Gasteiger partial charge on any atom is -0.243 e. The van der Waals surface area contributed by atoms with E-state index in [0.29, 0.717) is 0 Å². The summed E-state index contributed by atoms with van der Waals surface area (Å²) >= 11 is 0. The van der Waals surface area contributed by atoms with Crippen molar-refractivity contribution >= 4 is 6.09 Å². The van der Waals surface area contributed by atoms with Gasteiger partial charge >= 0.3 is 12.1 Å². The molecule has 0 aliphatic heterocycles. The third kappa shape index (κ3) is 2.28. The molecule has 0 aliphatic rings. The van der Waals surface area contributed by atoms with Gasteiger partial charge in [-0.15, -0.1) is 0 Å². The molecule has 65 valence electrons. The molecule has 0 aromatic heterocycles. The average molecular weight is 170 g/mol. The lowest BCUT2D eigenvalue weighted by Gasteiger charge is -2.23. The van der Waals surface area contributed by atoms with E-state index in [4.69, 9.17) is 0 Å². The number of carbonyl (C=O) groups is 1. The molecule has 11 heavy (non-hydrogen) atoms. The highest BCUT2D eigenvalue weighted by atomic mass is 19.3. The normalized spacial score (nSPS) is 11.3. The van der Waals surface area contributed by atoms with Crippen molar-refractivity contribution in [1.82, 2.24) is 4.90 Å². The van der Waals surface area contributed by atoms with Gasteiger partial charge in [0.25, 0.3) is 0 Å². The van der Waals surface area contributed by atoms with Gasteiger partial charge in [-0.3, -0.25) is 0 Å². The molecule has 0 N–H and O–H groups in total. The van der Waals surface area contributed by atoms with Gasteiger partial charge < -0.3 is 0 Å². The van der Waals surface area contributed by atoms with Crippen molar-refractivity contribution in [2.45, 2.75) is 13.0 Å². The molecule has 0 saturated carbocycles. The van der Waals surface area contributed by atoms with Gasteiger partial charge in [0.1, 0.15) is 0 Å². The quantitative estimate of drug-likeness (QED) is 0.590. The fourth-order valence-corrected chi connectivity index (χ4v) is 0.566. The fourth-order valence-electron chi connectivity index (χ4n) is 0.566. The number of hydrogen-bond donors (Lipinski definition) is 0. The van der Waals surface area contributed by atoms with E-state index >= 15 is 0 Å². The van der Waals surface area contributed by atoms with Gasteiger partial charge in [0, 0.05) is 6.54 Å². The SMILES string of the molecule is CCN(C([O])=O)C(F)(F)CF. The van der Waals surface area contributed by atoms with Gasteiger partial charge in [-0.05, 0) is 6.92 Å². The largest absolute Gasteiger partial charge is 0.457 e. The number of nitrogens with zero attached hydrogens (tertiary/aromatic N) is 1. The Morgan fingerprint density at radius 2 is 2.00 bits per heavy atom.